The number of piperazine rings is 1. The number of hydrogen-bond acceptors (Lipinski definition) is 5. The van der Waals surface area contributed by atoms with Crippen LogP contribution < -0.4 is 11.1 Å². The van der Waals surface area contributed by atoms with Gasteiger partial charge in [0.25, 0.3) is 0 Å². The Labute approximate surface area is 142 Å². The van der Waals surface area contributed by atoms with Crippen LogP contribution in [0.25, 0.3) is 0 Å². The summed E-state index contributed by atoms with van der Waals surface area (Å²) in [6, 6.07) is 13.1. The van der Waals surface area contributed by atoms with Crippen LogP contribution in [0.2, 0.25) is 0 Å². The zero-order valence-corrected chi connectivity index (χ0v) is 13.9. The molecule has 24 heavy (non-hydrogen) atoms. The molecule has 3 rings (SSSR count). The van der Waals surface area contributed by atoms with Gasteiger partial charge in [-0.3, -0.25) is 9.69 Å². The predicted octanol–water partition coefficient (Wildman–Crippen LogP) is 1.59. The molecule has 1 fully saturated rings. The van der Waals surface area contributed by atoms with Gasteiger partial charge in [-0.05, 0) is 24.7 Å². The van der Waals surface area contributed by atoms with E-state index in [0.717, 1.165) is 31.7 Å². The standard InChI is InChI=1S/C18H23N5O/c1-22-9-11-23(12-10-22)17(14-5-3-2-4-6-14)18(24)21-15-7-8-16(19)20-13-15/h2-8,13,17H,9-12H2,1H3,(H2,19,20)(H,21,24). The van der Waals surface area contributed by atoms with Gasteiger partial charge in [-0.2, -0.15) is 0 Å². The van der Waals surface area contributed by atoms with Gasteiger partial charge in [-0.1, -0.05) is 30.3 Å². The number of nitrogens with zero attached hydrogens (tertiary/aromatic N) is 3. The van der Waals surface area contributed by atoms with Crippen molar-refractivity contribution in [1.82, 2.24) is 14.8 Å². The fourth-order valence-electron chi connectivity index (χ4n) is 2.93. The highest BCUT2D eigenvalue weighted by molar-refractivity contribution is 5.95. The zero-order chi connectivity index (χ0) is 16.9. The lowest BCUT2D eigenvalue weighted by molar-refractivity contribution is -0.122. The molecule has 1 unspecified atom stereocenters. The van der Waals surface area contributed by atoms with E-state index in [-0.39, 0.29) is 11.9 Å². The summed E-state index contributed by atoms with van der Waals surface area (Å²) in [4.78, 5) is 21.5. The number of nitrogens with two attached hydrogens (primary N) is 1. The van der Waals surface area contributed by atoms with Crippen molar-refractivity contribution in [2.75, 3.05) is 44.3 Å². The molecule has 6 nitrogen and oxygen atoms in total. The molecule has 2 aromatic rings. The molecule has 1 aromatic carbocycles. The fourth-order valence-corrected chi connectivity index (χ4v) is 2.93. The van der Waals surface area contributed by atoms with Crippen LogP contribution >= 0.6 is 0 Å². The molecule has 0 saturated carbocycles. The topological polar surface area (TPSA) is 74.5 Å². The summed E-state index contributed by atoms with van der Waals surface area (Å²) in [7, 11) is 2.11. The number of nitrogens with one attached hydrogen (secondary N) is 1. The number of carbonyl (C=O) groups is 1. The van der Waals surface area contributed by atoms with E-state index in [4.69, 9.17) is 5.73 Å². The number of nitrogen functional groups attached to an aromatic ring is 1. The summed E-state index contributed by atoms with van der Waals surface area (Å²) >= 11 is 0. The van der Waals surface area contributed by atoms with Crippen LogP contribution in [0.3, 0.4) is 0 Å². The fraction of sp³-hybridized carbons (Fsp3) is 0.333. The number of benzene rings is 1. The van der Waals surface area contributed by atoms with E-state index in [2.05, 4.69) is 27.1 Å². The Morgan fingerprint density at radius 1 is 1.12 bits per heavy atom. The van der Waals surface area contributed by atoms with E-state index < -0.39 is 0 Å². The van der Waals surface area contributed by atoms with Crippen LogP contribution in [0, 0.1) is 0 Å². The molecule has 1 aliphatic rings. The largest absolute Gasteiger partial charge is 0.384 e. The first kappa shape index (κ1) is 16.4. The summed E-state index contributed by atoms with van der Waals surface area (Å²) < 4.78 is 0. The third kappa shape index (κ3) is 3.90. The number of carbonyl (C=O) groups excluding carboxylic acids is 1. The Hall–Kier alpha value is -2.44. The van der Waals surface area contributed by atoms with Crippen molar-refractivity contribution in [3.8, 4) is 0 Å². The lowest BCUT2D eigenvalue weighted by Crippen LogP contribution is -2.48. The lowest BCUT2D eigenvalue weighted by atomic mass is 10.0. The van der Waals surface area contributed by atoms with E-state index in [0.29, 0.717) is 11.5 Å². The van der Waals surface area contributed by atoms with Gasteiger partial charge in [-0.25, -0.2) is 4.98 Å². The maximum atomic E-state index is 13.0. The van der Waals surface area contributed by atoms with Crippen molar-refractivity contribution < 1.29 is 4.79 Å². The van der Waals surface area contributed by atoms with Gasteiger partial charge in [0.15, 0.2) is 0 Å². The molecule has 2 heterocycles. The van der Waals surface area contributed by atoms with Crippen molar-refractivity contribution in [1.29, 1.82) is 0 Å². The van der Waals surface area contributed by atoms with Gasteiger partial charge in [0, 0.05) is 26.2 Å². The molecule has 0 spiro atoms. The molecular weight excluding hydrogens is 302 g/mol. The van der Waals surface area contributed by atoms with E-state index in [1.165, 1.54) is 0 Å². The molecule has 1 atom stereocenters. The quantitative estimate of drug-likeness (QED) is 0.893. The molecule has 0 aliphatic carbocycles. The Morgan fingerprint density at radius 3 is 2.46 bits per heavy atom. The molecule has 1 aliphatic heterocycles. The smallest absolute Gasteiger partial charge is 0.246 e. The summed E-state index contributed by atoms with van der Waals surface area (Å²) in [5, 5.41) is 2.96. The minimum absolute atomic E-state index is 0.0441. The minimum Gasteiger partial charge on any atom is -0.384 e. The highest BCUT2D eigenvalue weighted by Gasteiger charge is 2.29. The van der Waals surface area contributed by atoms with Crippen LogP contribution in [0.15, 0.2) is 48.7 Å². The second-order valence-electron chi connectivity index (χ2n) is 6.11. The maximum Gasteiger partial charge on any atom is 0.246 e. The van der Waals surface area contributed by atoms with Crippen LogP contribution in [0.4, 0.5) is 11.5 Å². The number of aromatic nitrogens is 1. The van der Waals surface area contributed by atoms with Crippen LogP contribution in [-0.4, -0.2) is 53.9 Å². The number of rotatable bonds is 4. The summed E-state index contributed by atoms with van der Waals surface area (Å²) in [5.74, 6) is 0.393. The van der Waals surface area contributed by atoms with Crippen LogP contribution in [-0.2, 0) is 4.79 Å². The van der Waals surface area contributed by atoms with Crippen LogP contribution in [0.5, 0.6) is 0 Å². The molecule has 1 aromatic heterocycles. The van der Waals surface area contributed by atoms with Gasteiger partial charge in [0.05, 0.1) is 11.9 Å². The van der Waals surface area contributed by atoms with E-state index >= 15 is 0 Å². The van der Waals surface area contributed by atoms with Gasteiger partial charge >= 0.3 is 0 Å². The zero-order valence-electron chi connectivity index (χ0n) is 13.9. The van der Waals surface area contributed by atoms with Gasteiger partial charge in [0.2, 0.25) is 5.91 Å². The number of anilines is 2. The normalized spacial score (nSPS) is 17.4. The number of pyridine rings is 1. The predicted molar refractivity (Wildman–Crippen MR) is 95.5 cm³/mol. The van der Waals surface area contributed by atoms with Crippen LogP contribution in [0.1, 0.15) is 11.6 Å². The number of amides is 1. The molecule has 6 heteroatoms. The van der Waals surface area contributed by atoms with Gasteiger partial charge in [-0.15, -0.1) is 0 Å². The Bertz CT molecular complexity index is 666. The van der Waals surface area contributed by atoms with Crippen molar-refractivity contribution in [3.63, 3.8) is 0 Å². The van der Waals surface area contributed by atoms with Crippen molar-refractivity contribution in [2.45, 2.75) is 6.04 Å². The van der Waals surface area contributed by atoms with Crippen molar-refractivity contribution in [2.24, 2.45) is 0 Å². The highest BCUT2D eigenvalue weighted by Crippen LogP contribution is 2.24. The molecule has 126 valence electrons. The molecule has 0 bridgehead atoms. The van der Waals surface area contributed by atoms with E-state index in [1.54, 1.807) is 18.3 Å². The van der Waals surface area contributed by atoms with Gasteiger partial charge < -0.3 is 16.0 Å². The third-order valence-corrected chi connectivity index (χ3v) is 4.32. The summed E-state index contributed by atoms with van der Waals surface area (Å²) in [6.07, 6.45) is 1.58. The maximum absolute atomic E-state index is 13.0. The highest BCUT2D eigenvalue weighted by atomic mass is 16.2. The molecule has 0 radical (unpaired) electrons. The second kappa shape index (κ2) is 7.42. The summed E-state index contributed by atoms with van der Waals surface area (Å²) in [5.41, 5.74) is 7.26. The molecule has 3 N–H and O–H groups in total. The van der Waals surface area contributed by atoms with E-state index in [1.807, 2.05) is 30.3 Å². The van der Waals surface area contributed by atoms with Gasteiger partial charge in [0.1, 0.15) is 11.9 Å². The molecule has 1 amide bonds. The van der Waals surface area contributed by atoms with E-state index in [9.17, 15) is 4.79 Å². The average molecular weight is 325 g/mol. The average Bonchev–Trinajstić information content (AvgIpc) is 2.60. The second-order valence-corrected chi connectivity index (χ2v) is 6.11. The first-order valence-corrected chi connectivity index (χ1v) is 8.13. The first-order valence-electron chi connectivity index (χ1n) is 8.13. The Kier molecular flexibility index (Phi) is 5.08. The Balaban J connectivity index is 1.81. The van der Waals surface area contributed by atoms with Crippen molar-refractivity contribution in [3.05, 3.63) is 54.2 Å². The number of likely N-dealkylation sites (N-methyl/N-ethyl adjacent to an activating group) is 1. The molecule has 1 saturated heterocycles. The minimum atomic E-state index is -0.308. The lowest BCUT2D eigenvalue weighted by Gasteiger charge is -2.37. The Morgan fingerprint density at radius 2 is 1.83 bits per heavy atom. The SMILES string of the molecule is CN1CCN(C(C(=O)Nc2ccc(N)nc2)c2ccccc2)CC1. The van der Waals surface area contributed by atoms with Crippen molar-refractivity contribution >= 4 is 17.4 Å². The summed E-state index contributed by atoms with van der Waals surface area (Å²) in [6.45, 7) is 3.65. The molecular formula is C18H23N5O. The third-order valence-electron chi connectivity index (χ3n) is 4.32. The number of hydrogen-bond donors (Lipinski definition) is 2. The first-order chi connectivity index (χ1) is 11.6. The monoisotopic (exact) mass is 325 g/mol.